The van der Waals surface area contributed by atoms with Crippen LogP contribution in [0.3, 0.4) is 0 Å². The number of aliphatic hydroxyl groups excluding tert-OH is 1. The normalized spacial score (nSPS) is 10.7. The van der Waals surface area contributed by atoms with Crippen LogP contribution >= 0.6 is 0 Å². The fourth-order valence-electron chi connectivity index (χ4n) is 2.52. The second-order valence-corrected chi connectivity index (χ2v) is 5.36. The average Bonchev–Trinajstić information content (AvgIpc) is 2.61. The molecule has 0 aliphatic carbocycles. The number of benzene rings is 2. The maximum atomic E-state index is 12.3. The summed E-state index contributed by atoms with van der Waals surface area (Å²) < 4.78 is 0. The Bertz CT molecular complexity index is 808. The summed E-state index contributed by atoms with van der Waals surface area (Å²) in [6.45, 7) is 0.589. The second-order valence-electron chi connectivity index (χ2n) is 5.36. The molecule has 0 fully saturated rings. The van der Waals surface area contributed by atoms with E-state index in [9.17, 15) is 4.79 Å². The van der Waals surface area contributed by atoms with E-state index in [4.69, 9.17) is 5.11 Å². The van der Waals surface area contributed by atoms with Gasteiger partial charge in [0.1, 0.15) is 5.69 Å². The van der Waals surface area contributed by atoms with Gasteiger partial charge in [-0.15, -0.1) is 0 Å². The number of amides is 1. The van der Waals surface area contributed by atoms with Crippen molar-refractivity contribution in [2.45, 2.75) is 13.0 Å². The molecule has 0 unspecified atom stereocenters. The van der Waals surface area contributed by atoms with Gasteiger partial charge in [0.25, 0.3) is 5.91 Å². The topological polar surface area (TPSA) is 62.2 Å². The molecule has 1 aromatic heterocycles. The number of carbonyl (C=O) groups is 1. The molecule has 23 heavy (non-hydrogen) atoms. The van der Waals surface area contributed by atoms with Crippen molar-refractivity contribution in [1.82, 2.24) is 10.3 Å². The molecule has 4 nitrogen and oxygen atoms in total. The van der Waals surface area contributed by atoms with Crippen molar-refractivity contribution in [2.24, 2.45) is 0 Å². The summed E-state index contributed by atoms with van der Waals surface area (Å²) in [7, 11) is 0. The molecule has 2 N–H and O–H groups in total. The van der Waals surface area contributed by atoms with Crippen LogP contribution in [0.25, 0.3) is 10.8 Å². The molecule has 3 aromatic rings. The van der Waals surface area contributed by atoms with Gasteiger partial charge in [-0.05, 0) is 29.0 Å². The van der Waals surface area contributed by atoms with Gasteiger partial charge in [0.2, 0.25) is 0 Å². The Labute approximate surface area is 134 Å². The zero-order valence-electron chi connectivity index (χ0n) is 12.7. The van der Waals surface area contributed by atoms with Gasteiger partial charge in [-0.2, -0.15) is 0 Å². The standard InChI is InChI=1S/C19H18N2O2/c22-13-15-7-5-14(6-8-15)9-11-21-19(23)18-17-4-2-1-3-16(17)10-12-20-18/h1-8,10,12,22H,9,11,13H2,(H,21,23). The number of fused-ring (bicyclic) bond motifs is 1. The molecule has 0 bridgehead atoms. The van der Waals surface area contributed by atoms with Crippen molar-refractivity contribution >= 4 is 16.7 Å². The summed E-state index contributed by atoms with van der Waals surface area (Å²) in [6.07, 6.45) is 2.40. The van der Waals surface area contributed by atoms with Gasteiger partial charge in [0.05, 0.1) is 6.61 Å². The van der Waals surface area contributed by atoms with Crippen molar-refractivity contribution in [3.63, 3.8) is 0 Å². The van der Waals surface area contributed by atoms with Crippen LogP contribution in [0.1, 0.15) is 21.6 Å². The molecule has 0 saturated carbocycles. The van der Waals surface area contributed by atoms with E-state index in [1.165, 1.54) is 0 Å². The maximum Gasteiger partial charge on any atom is 0.270 e. The van der Waals surface area contributed by atoms with E-state index >= 15 is 0 Å². The lowest BCUT2D eigenvalue weighted by atomic mass is 10.1. The molecule has 1 heterocycles. The highest BCUT2D eigenvalue weighted by molar-refractivity contribution is 6.05. The minimum atomic E-state index is -0.159. The van der Waals surface area contributed by atoms with Crippen molar-refractivity contribution in [3.8, 4) is 0 Å². The minimum absolute atomic E-state index is 0.0454. The number of aromatic nitrogens is 1. The third-order valence-corrected chi connectivity index (χ3v) is 3.79. The number of nitrogens with zero attached hydrogens (tertiary/aromatic N) is 1. The van der Waals surface area contributed by atoms with Crippen molar-refractivity contribution in [1.29, 1.82) is 0 Å². The quantitative estimate of drug-likeness (QED) is 0.762. The largest absolute Gasteiger partial charge is 0.392 e. The predicted molar refractivity (Wildman–Crippen MR) is 90.1 cm³/mol. The molecule has 0 radical (unpaired) electrons. The highest BCUT2D eigenvalue weighted by Gasteiger charge is 2.10. The molecule has 2 aromatic carbocycles. The summed E-state index contributed by atoms with van der Waals surface area (Å²) in [5.41, 5.74) is 2.46. The molecule has 3 rings (SSSR count). The van der Waals surface area contributed by atoms with Crippen LogP contribution in [0.5, 0.6) is 0 Å². The SMILES string of the molecule is O=C(NCCc1ccc(CO)cc1)c1nccc2ccccc12. The van der Waals surface area contributed by atoms with Crippen LogP contribution in [0.15, 0.2) is 60.8 Å². The van der Waals surface area contributed by atoms with Crippen LogP contribution < -0.4 is 5.32 Å². The Morgan fingerprint density at radius 3 is 2.52 bits per heavy atom. The van der Waals surface area contributed by atoms with Crippen LogP contribution in [0.4, 0.5) is 0 Å². The van der Waals surface area contributed by atoms with Gasteiger partial charge in [0, 0.05) is 18.1 Å². The monoisotopic (exact) mass is 306 g/mol. The fraction of sp³-hybridized carbons (Fsp3) is 0.158. The van der Waals surface area contributed by atoms with Crippen molar-refractivity contribution < 1.29 is 9.90 Å². The molecule has 0 atom stereocenters. The molecule has 0 aliphatic heterocycles. The smallest absolute Gasteiger partial charge is 0.270 e. The molecule has 116 valence electrons. The number of hydrogen-bond acceptors (Lipinski definition) is 3. The van der Waals surface area contributed by atoms with E-state index in [0.717, 1.165) is 28.3 Å². The Morgan fingerprint density at radius 2 is 1.74 bits per heavy atom. The third-order valence-electron chi connectivity index (χ3n) is 3.79. The second kappa shape index (κ2) is 7.03. The summed E-state index contributed by atoms with van der Waals surface area (Å²) in [5.74, 6) is -0.159. The summed E-state index contributed by atoms with van der Waals surface area (Å²) in [5, 5.41) is 13.8. The molecule has 4 heteroatoms. The maximum absolute atomic E-state index is 12.3. The lowest BCUT2D eigenvalue weighted by Crippen LogP contribution is -2.26. The Kier molecular flexibility index (Phi) is 4.64. The molecular formula is C19H18N2O2. The molecule has 0 spiro atoms. The Balaban J connectivity index is 1.64. The zero-order valence-corrected chi connectivity index (χ0v) is 12.7. The lowest BCUT2D eigenvalue weighted by molar-refractivity contribution is 0.0951. The van der Waals surface area contributed by atoms with Crippen LogP contribution in [0.2, 0.25) is 0 Å². The fourth-order valence-corrected chi connectivity index (χ4v) is 2.52. The lowest BCUT2D eigenvalue weighted by Gasteiger charge is -2.07. The molecule has 1 amide bonds. The van der Waals surface area contributed by atoms with Crippen molar-refractivity contribution in [2.75, 3.05) is 6.54 Å². The molecule has 0 saturated heterocycles. The van der Waals surface area contributed by atoms with Crippen molar-refractivity contribution in [3.05, 3.63) is 77.6 Å². The number of aliphatic hydroxyl groups is 1. The number of hydrogen-bond donors (Lipinski definition) is 2. The summed E-state index contributed by atoms with van der Waals surface area (Å²) >= 11 is 0. The molecule has 0 aliphatic rings. The van der Waals surface area contributed by atoms with Crippen LogP contribution in [-0.4, -0.2) is 22.5 Å². The predicted octanol–water partition coefficient (Wildman–Crippen LogP) is 2.70. The highest BCUT2D eigenvalue weighted by Crippen LogP contribution is 2.16. The number of rotatable bonds is 5. The van der Waals surface area contributed by atoms with E-state index < -0.39 is 0 Å². The van der Waals surface area contributed by atoms with Gasteiger partial charge >= 0.3 is 0 Å². The first-order valence-corrected chi connectivity index (χ1v) is 7.58. The van der Waals surface area contributed by atoms with Gasteiger partial charge in [-0.1, -0.05) is 48.5 Å². The first-order valence-electron chi connectivity index (χ1n) is 7.58. The zero-order chi connectivity index (χ0) is 16.1. The van der Waals surface area contributed by atoms with E-state index in [1.807, 2.05) is 54.6 Å². The average molecular weight is 306 g/mol. The van der Waals surface area contributed by atoms with Crippen LogP contribution in [0, 0.1) is 0 Å². The van der Waals surface area contributed by atoms with Crippen LogP contribution in [-0.2, 0) is 13.0 Å². The first kappa shape index (κ1) is 15.2. The van der Waals surface area contributed by atoms with Gasteiger partial charge < -0.3 is 10.4 Å². The van der Waals surface area contributed by atoms with E-state index in [1.54, 1.807) is 6.20 Å². The summed E-state index contributed by atoms with van der Waals surface area (Å²) in [6, 6.07) is 17.3. The minimum Gasteiger partial charge on any atom is -0.392 e. The molecular weight excluding hydrogens is 288 g/mol. The number of carbonyl (C=O) groups excluding carboxylic acids is 1. The number of pyridine rings is 1. The highest BCUT2D eigenvalue weighted by atomic mass is 16.3. The number of nitrogens with one attached hydrogen (secondary N) is 1. The van der Waals surface area contributed by atoms with E-state index in [2.05, 4.69) is 10.3 Å². The Morgan fingerprint density at radius 1 is 1.00 bits per heavy atom. The van der Waals surface area contributed by atoms with Gasteiger partial charge in [0.15, 0.2) is 0 Å². The third kappa shape index (κ3) is 3.55. The Hall–Kier alpha value is -2.72. The van der Waals surface area contributed by atoms with Gasteiger partial charge in [-0.3, -0.25) is 9.78 Å². The summed E-state index contributed by atoms with van der Waals surface area (Å²) in [4.78, 5) is 16.6. The van der Waals surface area contributed by atoms with E-state index in [-0.39, 0.29) is 12.5 Å². The van der Waals surface area contributed by atoms with E-state index in [0.29, 0.717) is 12.2 Å². The first-order chi connectivity index (χ1) is 11.3. The van der Waals surface area contributed by atoms with Gasteiger partial charge in [-0.25, -0.2) is 0 Å².